The fraction of sp³-hybridized carbons (Fsp3) is 0.286. The number of thioether (sulfide) groups is 1. The van der Waals surface area contributed by atoms with E-state index in [1.54, 1.807) is 24.3 Å². The van der Waals surface area contributed by atoms with Gasteiger partial charge in [0.25, 0.3) is 0 Å². The first-order valence-corrected chi connectivity index (χ1v) is 7.52. The lowest BCUT2D eigenvalue weighted by atomic mass is 10.2. The van der Waals surface area contributed by atoms with E-state index in [1.165, 1.54) is 22.7 Å². The second-order valence-corrected chi connectivity index (χ2v) is 6.21. The topological polar surface area (TPSA) is 57.6 Å². The van der Waals surface area contributed by atoms with E-state index in [2.05, 4.69) is 0 Å². The number of carbonyl (C=O) groups excluding carboxylic acids is 1. The van der Waals surface area contributed by atoms with Crippen LogP contribution in [0.1, 0.15) is 12.5 Å². The van der Waals surface area contributed by atoms with Crippen LogP contribution in [-0.2, 0) is 9.59 Å². The Kier molecular flexibility index (Phi) is 4.73. The molecule has 1 aromatic carbocycles. The molecule has 0 bridgehead atoms. The van der Waals surface area contributed by atoms with Crippen molar-refractivity contribution in [3.63, 3.8) is 0 Å². The average Bonchev–Trinajstić information content (AvgIpc) is 2.78. The summed E-state index contributed by atoms with van der Waals surface area (Å²) in [5.41, 5.74) is 0.803. The van der Waals surface area contributed by atoms with Gasteiger partial charge in [-0.1, -0.05) is 23.7 Å². The molecule has 1 aliphatic heterocycles. The van der Waals surface area contributed by atoms with Crippen molar-refractivity contribution < 1.29 is 14.7 Å². The van der Waals surface area contributed by atoms with Crippen molar-refractivity contribution >= 4 is 41.3 Å². The molecule has 0 spiro atoms. The van der Waals surface area contributed by atoms with E-state index in [4.69, 9.17) is 16.7 Å². The zero-order chi connectivity index (χ0) is 14.7. The monoisotopic (exact) mass is 311 g/mol. The first-order valence-electron chi connectivity index (χ1n) is 6.09. The Morgan fingerprint density at radius 1 is 1.50 bits per heavy atom. The Morgan fingerprint density at radius 2 is 2.25 bits per heavy atom. The van der Waals surface area contributed by atoms with Crippen molar-refractivity contribution in [1.29, 1.82) is 0 Å². The smallest absolute Gasteiger partial charge is 0.327 e. The molecule has 1 N–H and O–H groups in total. The summed E-state index contributed by atoms with van der Waals surface area (Å²) in [4.78, 5) is 24.7. The van der Waals surface area contributed by atoms with Gasteiger partial charge in [0.2, 0.25) is 5.91 Å². The Bertz CT molecular complexity index is 561. The number of hydrogen-bond donors (Lipinski definition) is 1. The first-order chi connectivity index (χ1) is 9.49. The molecule has 0 aliphatic carbocycles. The van der Waals surface area contributed by atoms with Gasteiger partial charge in [-0.3, -0.25) is 4.79 Å². The molecule has 1 amide bonds. The summed E-state index contributed by atoms with van der Waals surface area (Å²) in [6, 6.07) is 6.35. The number of carbonyl (C=O) groups is 2. The standard InChI is InChI=1S/C14H14ClNO3S/c1-9-16(12(8-20-9)14(18)19)13(17)6-5-10-3-2-4-11(15)7-10/h2-7,9,12H,8H2,1H3,(H,18,19). The van der Waals surface area contributed by atoms with Crippen LogP contribution in [0.2, 0.25) is 5.02 Å². The molecule has 0 saturated carbocycles. The Labute approximate surface area is 126 Å². The number of aliphatic carboxylic acids is 1. The highest BCUT2D eigenvalue weighted by atomic mass is 35.5. The van der Waals surface area contributed by atoms with Gasteiger partial charge in [0.1, 0.15) is 6.04 Å². The second kappa shape index (κ2) is 6.33. The van der Waals surface area contributed by atoms with E-state index in [1.807, 2.05) is 13.0 Å². The SMILES string of the molecule is CC1SCC(C(=O)O)N1C(=O)C=Cc1cccc(Cl)c1. The van der Waals surface area contributed by atoms with Gasteiger partial charge in [0, 0.05) is 16.9 Å². The molecular weight excluding hydrogens is 298 g/mol. The molecule has 20 heavy (non-hydrogen) atoms. The number of rotatable bonds is 3. The molecule has 0 radical (unpaired) electrons. The molecule has 2 atom stereocenters. The van der Waals surface area contributed by atoms with Crippen LogP contribution in [0, 0.1) is 0 Å². The molecule has 106 valence electrons. The van der Waals surface area contributed by atoms with Gasteiger partial charge in [0.15, 0.2) is 0 Å². The van der Waals surface area contributed by atoms with Crippen molar-refractivity contribution in [2.75, 3.05) is 5.75 Å². The fourth-order valence-electron chi connectivity index (χ4n) is 2.03. The third-order valence-electron chi connectivity index (χ3n) is 3.03. The molecule has 1 saturated heterocycles. The fourth-order valence-corrected chi connectivity index (χ4v) is 3.41. The predicted octanol–water partition coefficient (Wildman–Crippen LogP) is 2.73. The maximum absolute atomic E-state index is 12.2. The van der Waals surface area contributed by atoms with Crippen LogP contribution in [0.15, 0.2) is 30.3 Å². The van der Waals surface area contributed by atoms with Gasteiger partial charge in [0.05, 0.1) is 5.37 Å². The number of nitrogens with zero attached hydrogens (tertiary/aromatic N) is 1. The van der Waals surface area contributed by atoms with E-state index in [0.29, 0.717) is 10.8 Å². The van der Waals surface area contributed by atoms with Crippen molar-refractivity contribution in [3.05, 3.63) is 40.9 Å². The van der Waals surface area contributed by atoms with Gasteiger partial charge in [-0.2, -0.15) is 0 Å². The maximum atomic E-state index is 12.2. The van der Waals surface area contributed by atoms with Crippen molar-refractivity contribution in [2.24, 2.45) is 0 Å². The Balaban J connectivity index is 2.12. The zero-order valence-corrected chi connectivity index (χ0v) is 12.4. The molecule has 2 rings (SSSR count). The van der Waals surface area contributed by atoms with Crippen molar-refractivity contribution in [3.8, 4) is 0 Å². The number of hydrogen-bond acceptors (Lipinski definition) is 3. The van der Waals surface area contributed by atoms with Crippen LogP contribution in [0.4, 0.5) is 0 Å². The predicted molar refractivity (Wildman–Crippen MR) is 80.7 cm³/mol. The molecule has 2 unspecified atom stereocenters. The number of halogens is 1. The van der Waals surface area contributed by atoms with Gasteiger partial charge in [-0.25, -0.2) is 4.79 Å². The molecule has 1 aromatic rings. The maximum Gasteiger partial charge on any atom is 0.327 e. The summed E-state index contributed by atoms with van der Waals surface area (Å²) in [6.07, 6.45) is 3.03. The lowest BCUT2D eigenvalue weighted by Crippen LogP contribution is -2.43. The number of carboxylic acids is 1. The van der Waals surface area contributed by atoms with Crippen LogP contribution in [0.3, 0.4) is 0 Å². The van der Waals surface area contributed by atoms with Gasteiger partial charge < -0.3 is 10.0 Å². The van der Waals surface area contributed by atoms with Crippen molar-refractivity contribution in [2.45, 2.75) is 18.3 Å². The van der Waals surface area contributed by atoms with Gasteiger partial charge in [-0.15, -0.1) is 11.8 Å². The lowest BCUT2D eigenvalue weighted by molar-refractivity contribution is -0.147. The van der Waals surface area contributed by atoms with E-state index < -0.39 is 12.0 Å². The summed E-state index contributed by atoms with van der Waals surface area (Å²) in [5, 5.41) is 9.58. The molecule has 1 aliphatic rings. The van der Waals surface area contributed by atoms with Crippen LogP contribution < -0.4 is 0 Å². The number of amides is 1. The summed E-state index contributed by atoms with van der Waals surface area (Å²) >= 11 is 7.33. The van der Waals surface area contributed by atoms with Gasteiger partial charge in [-0.05, 0) is 30.7 Å². The van der Waals surface area contributed by atoms with Crippen LogP contribution in [0.5, 0.6) is 0 Å². The summed E-state index contributed by atoms with van der Waals surface area (Å²) < 4.78 is 0. The Morgan fingerprint density at radius 3 is 2.90 bits per heavy atom. The quantitative estimate of drug-likeness (QED) is 0.872. The largest absolute Gasteiger partial charge is 0.480 e. The lowest BCUT2D eigenvalue weighted by Gasteiger charge is -2.23. The highest BCUT2D eigenvalue weighted by molar-refractivity contribution is 8.00. The van der Waals surface area contributed by atoms with Gasteiger partial charge >= 0.3 is 5.97 Å². The molecule has 1 fully saturated rings. The highest BCUT2D eigenvalue weighted by Crippen LogP contribution is 2.29. The van der Waals surface area contributed by atoms with E-state index in [-0.39, 0.29) is 11.3 Å². The highest BCUT2D eigenvalue weighted by Gasteiger charge is 2.38. The summed E-state index contributed by atoms with van der Waals surface area (Å²) in [5.74, 6) is -0.839. The Hall–Kier alpha value is -1.46. The normalized spacial score (nSPS) is 22.4. The third-order valence-corrected chi connectivity index (χ3v) is 4.48. The minimum absolute atomic E-state index is 0.132. The minimum Gasteiger partial charge on any atom is -0.480 e. The molecule has 1 heterocycles. The molecule has 6 heteroatoms. The summed E-state index contributed by atoms with van der Waals surface area (Å²) in [6.45, 7) is 1.83. The van der Waals surface area contributed by atoms with Crippen LogP contribution >= 0.6 is 23.4 Å². The van der Waals surface area contributed by atoms with Crippen molar-refractivity contribution in [1.82, 2.24) is 4.90 Å². The molecule has 0 aromatic heterocycles. The van der Waals surface area contributed by atoms with E-state index in [9.17, 15) is 9.59 Å². The summed E-state index contributed by atoms with van der Waals surface area (Å²) in [7, 11) is 0. The van der Waals surface area contributed by atoms with E-state index >= 15 is 0 Å². The van der Waals surface area contributed by atoms with Crippen LogP contribution in [0.25, 0.3) is 6.08 Å². The van der Waals surface area contributed by atoms with E-state index in [0.717, 1.165) is 5.56 Å². The first kappa shape index (κ1) is 14.9. The second-order valence-electron chi connectivity index (χ2n) is 4.42. The third kappa shape index (κ3) is 3.35. The zero-order valence-electron chi connectivity index (χ0n) is 10.8. The molecular formula is C14H14ClNO3S. The minimum atomic E-state index is -0.966. The molecule has 4 nitrogen and oxygen atoms in total. The average molecular weight is 312 g/mol. The number of benzene rings is 1. The number of carboxylic acid groups (broad SMARTS) is 1. The van der Waals surface area contributed by atoms with Crippen LogP contribution in [-0.4, -0.2) is 39.1 Å².